The summed E-state index contributed by atoms with van der Waals surface area (Å²) in [4.78, 5) is 25.9. The first-order valence-corrected chi connectivity index (χ1v) is 9.06. The number of alkyl halides is 3. The Morgan fingerprint density at radius 1 is 1.22 bits per heavy atom. The van der Waals surface area contributed by atoms with E-state index in [2.05, 4.69) is 21.2 Å². The van der Waals surface area contributed by atoms with Crippen LogP contribution in [0.5, 0.6) is 0 Å². The Balaban J connectivity index is 1.73. The van der Waals surface area contributed by atoms with Crippen molar-refractivity contribution < 1.29 is 22.8 Å². The van der Waals surface area contributed by atoms with Gasteiger partial charge >= 0.3 is 6.18 Å². The highest BCUT2D eigenvalue weighted by Gasteiger charge is 2.37. The first kappa shape index (κ1) is 19.7. The topological polar surface area (TPSA) is 49.4 Å². The maximum Gasteiger partial charge on any atom is 0.416 e. The first-order chi connectivity index (χ1) is 12.6. The monoisotopic (exact) mass is 460 g/mol. The number of hydrogen-bond acceptors (Lipinski definition) is 2. The van der Waals surface area contributed by atoms with Gasteiger partial charge in [-0.3, -0.25) is 9.59 Å². The Morgan fingerprint density at radius 2 is 1.96 bits per heavy atom. The summed E-state index contributed by atoms with van der Waals surface area (Å²) in [5, 5.41) is 3.09. The second kappa shape index (κ2) is 7.52. The maximum absolute atomic E-state index is 12.9. The van der Waals surface area contributed by atoms with Crippen LogP contribution in [0, 0.1) is 5.92 Å². The minimum Gasteiger partial charge on any atom is -0.326 e. The summed E-state index contributed by atoms with van der Waals surface area (Å²) in [6.07, 6.45) is -4.58. The minimum absolute atomic E-state index is 0.0102. The van der Waals surface area contributed by atoms with Crippen molar-refractivity contribution in [1.82, 2.24) is 0 Å². The van der Waals surface area contributed by atoms with Crippen molar-refractivity contribution in [3.8, 4) is 0 Å². The molecule has 0 aromatic heterocycles. The third-order valence-electron chi connectivity index (χ3n) is 4.17. The number of amides is 2. The molecule has 9 heteroatoms. The number of benzene rings is 2. The van der Waals surface area contributed by atoms with Gasteiger partial charge in [0, 0.05) is 28.8 Å². The number of nitrogens with one attached hydrogen (secondary N) is 1. The molecule has 1 aliphatic heterocycles. The zero-order valence-corrected chi connectivity index (χ0v) is 16.0. The summed E-state index contributed by atoms with van der Waals surface area (Å²) in [7, 11) is 0. The molecule has 1 N–H and O–H groups in total. The van der Waals surface area contributed by atoms with E-state index in [1.807, 2.05) is 0 Å². The molecule has 142 valence electrons. The molecule has 0 spiro atoms. The van der Waals surface area contributed by atoms with Gasteiger partial charge in [0.25, 0.3) is 0 Å². The fourth-order valence-corrected chi connectivity index (χ4v) is 3.23. The molecule has 2 aromatic carbocycles. The van der Waals surface area contributed by atoms with Crippen molar-refractivity contribution in [2.24, 2.45) is 5.92 Å². The molecule has 1 saturated heterocycles. The van der Waals surface area contributed by atoms with E-state index in [9.17, 15) is 22.8 Å². The molecule has 2 aromatic rings. The second-order valence-electron chi connectivity index (χ2n) is 6.07. The standard InChI is InChI=1S/C18H13BrClF3N2O2/c19-14-5-4-12(8-15(14)20)24-17(27)10-6-16(26)25(9-10)13-3-1-2-11(7-13)18(21,22)23/h1-5,7-8,10H,6,9H2,(H,24,27)/t10-/m0/s1. The minimum atomic E-state index is -4.50. The highest BCUT2D eigenvalue weighted by Crippen LogP contribution is 2.34. The van der Waals surface area contributed by atoms with Gasteiger partial charge in [0.15, 0.2) is 0 Å². The van der Waals surface area contributed by atoms with Crippen LogP contribution in [0.25, 0.3) is 0 Å². The van der Waals surface area contributed by atoms with E-state index in [1.165, 1.54) is 17.0 Å². The summed E-state index contributed by atoms with van der Waals surface area (Å²) in [5.41, 5.74) is -0.250. The SMILES string of the molecule is O=C(Nc1ccc(Br)c(Cl)c1)[C@H]1CC(=O)N(c2cccc(C(F)(F)F)c2)C1. The lowest BCUT2D eigenvalue weighted by Gasteiger charge is -2.18. The van der Waals surface area contributed by atoms with Gasteiger partial charge in [-0.25, -0.2) is 0 Å². The zero-order chi connectivity index (χ0) is 19.8. The molecule has 1 heterocycles. The molecule has 1 atom stereocenters. The first-order valence-electron chi connectivity index (χ1n) is 7.88. The highest BCUT2D eigenvalue weighted by molar-refractivity contribution is 9.10. The van der Waals surface area contributed by atoms with E-state index >= 15 is 0 Å². The third-order valence-corrected chi connectivity index (χ3v) is 5.40. The maximum atomic E-state index is 12.9. The fourth-order valence-electron chi connectivity index (χ4n) is 2.80. The van der Waals surface area contributed by atoms with Crippen molar-refractivity contribution in [2.45, 2.75) is 12.6 Å². The zero-order valence-electron chi connectivity index (χ0n) is 13.7. The van der Waals surface area contributed by atoms with Gasteiger partial charge in [-0.15, -0.1) is 0 Å². The van der Waals surface area contributed by atoms with Crippen molar-refractivity contribution in [3.05, 3.63) is 57.5 Å². The molecule has 0 bridgehead atoms. The van der Waals surface area contributed by atoms with Gasteiger partial charge < -0.3 is 10.2 Å². The van der Waals surface area contributed by atoms with Crippen molar-refractivity contribution in [3.63, 3.8) is 0 Å². The number of nitrogens with zero attached hydrogens (tertiary/aromatic N) is 1. The summed E-state index contributed by atoms with van der Waals surface area (Å²) < 4.78 is 39.3. The molecular formula is C18H13BrClF3N2O2. The fraction of sp³-hybridized carbons (Fsp3) is 0.222. The summed E-state index contributed by atoms with van der Waals surface area (Å²) in [5.74, 6) is -1.46. The van der Waals surface area contributed by atoms with Gasteiger partial charge in [0.05, 0.1) is 16.5 Å². The number of carbonyl (C=O) groups excluding carboxylic acids is 2. The molecule has 2 amide bonds. The van der Waals surface area contributed by atoms with Crippen LogP contribution in [0.1, 0.15) is 12.0 Å². The van der Waals surface area contributed by atoms with Gasteiger partial charge in [-0.05, 0) is 52.3 Å². The highest BCUT2D eigenvalue weighted by atomic mass is 79.9. The Morgan fingerprint density at radius 3 is 2.63 bits per heavy atom. The van der Waals surface area contributed by atoms with Crippen LogP contribution in [0.3, 0.4) is 0 Å². The normalized spacial score (nSPS) is 17.3. The van der Waals surface area contributed by atoms with Crippen LogP contribution < -0.4 is 10.2 Å². The average Bonchev–Trinajstić information content (AvgIpc) is 2.99. The second-order valence-corrected chi connectivity index (χ2v) is 7.33. The number of hydrogen-bond donors (Lipinski definition) is 1. The van der Waals surface area contributed by atoms with E-state index in [0.717, 1.165) is 12.1 Å². The Hall–Kier alpha value is -2.06. The van der Waals surface area contributed by atoms with Crippen LogP contribution in [0.2, 0.25) is 5.02 Å². The van der Waals surface area contributed by atoms with Crippen LogP contribution in [0.4, 0.5) is 24.5 Å². The van der Waals surface area contributed by atoms with Crippen LogP contribution in [0.15, 0.2) is 46.9 Å². The van der Waals surface area contributed by atoms with E-state index in [1.54, 1.807) is 18.2 Å². The van der Waals surface area contributed by atoms with Crippen LogP contribution in [-0.4, -0.2) is 18.4 Å². The van der Waals surface area contributed by atoms with Crippen molar-refractivity contribution >= 4 is 50.7 Å². The summed E-state index contributed by atoms with van der Waals surface area (Å²) in [6, 6.07) is 9.38. The largest absolute Gasteiger partial charge is 0.416 e. The number of anilines is 2. The Bertz CT molecular complexity index is 904. The van der Waals surface area contributed by atoms with E-state index in [0.29, 0.717) is 15.2 Å². The number of rotatable bonds is 3. The molecule has 0 aliphatic carbocycles. The van der Waals surface area contributed by atoms with Gasteiger partial charge in [0.2, 0.25) is 11.8 Å². The lowest BCUT2D eigenvalue weighted by Crippen LogP contribution is -2.28. The Labute approximate surface area is 166 Å². The van der Waals surface area contributed by atoms with Gasteiger partial charge in [-0.1, -0.05) is 17.7 Å². The summed E-state index contributed by atoms with van der Waals surface area (Å²) >= 11 is 9.23. The predicted octanol–water partition coefficient (Wildman–Crippen LogP) is 5.11. The quantitative estimate of drug-likeness (QED) is 0.690. The summed E-state index contributed by atoms with van der Waals surface area (Å²) in [6.45, 7) is 0.0102. The average molecular weight is 462 g/mol. The molecule has 3 rings (SSSR count). The van der Waals surface area contributed by atoms with E-state index in [4.69, 9.17) is 11.6 Å². The van der Waals surface area contributed by atoms with Crippen LogP contribution >= 0.6 is 27.5 Å². The van der Waals surface area contributed by atoms with Gasteiger partial charge in [0.1, 0.15) is 0 Å². The lowest BCUT2D eigenvalue weighted by molar-refractivity contribution is -0.137. The molecule has 0 saturated carbocycles. The molecular weight excluding hydrogens is 449 g/mol. The molecule has 0 radical (unpaired) electrons. The molecule has 27 heavy (non-hydrogen) atoms. The van der Waals surface area contributed by atoms with Crippen molar-refractivity contribution in [2.75, 3.05) is 16.8 Å². The smallest absolute Gasteiger partial charge is 0.326 e. The molecule has 1 aliphatic rings. The lowest BCUT2D eigenvalue weighted by atomic mass is 10.1. The molecule has 4 nitrogen and oxygen atoms in total. The molecule has 1 fully saturated rings. The van der Waals surface area contributed by atoms with E-state index in [-0.39, 0.29) is 18.7 Å². The molecule has 0 unspecified atom stereocenters. The van der Waals surface area contributed by atoms with Crippen molar-refractivity contribution in [1.29, 1.82) is 0 Å². The van der Waals surface area contributed by atoms with E-state index < -0.39 is 29.5 Å². The predicted molar refractivity (Wildman–Crippen MR) is 99.7 cm³/mol. The Kier molecular flexibility index (Phi) is 5.48. The number of carbonyl (C=O) groups is 2. The third kappa shape index (κ3) is 4.44. The van der Waals surface area contributed by atoms with Crippen LogP contribution in [-0.2, 0) is 15.8 Å². The number of halogens is 5. The van der Waals surface area contributed by atoms with Gasteiger partial charge in [-0.2, -0.15) is 13.2 Å².